The Morgan fingerprint density at radius 3 is 2.20 bits per heavy atom. The molecule has 158 valence electrons. The zero-order valence-electron chi connectivity index (χ0n) is 16.9. The minimum atomic E-state index is -3.75. The Morgan fingerprint density at radius 2 is 1.63 bits per heavy atom. The van der Waals surface area contributed by atoms with Crippen LogP contribution >= 0.6 is 0 Å². The summed E-state index contributed by atoms with van der Waals surface area (Å²) >= 11 is 0. The van der Waals surface area contributed by atoms with Crippen LogP contribution in [-0.2, 0) is 14.8 Å². The highest BCUT2D eigenvalue weighted by atomic mass is 32.2. The lowest BCUT2D eigenvalue weighted by molar-refractivity contribution is 0.0420. The highest BCUT2D eigenvalue weighted by molar-refractivity contribution is 7.89. The number of esters is 1. The second-order valence-electron chi connectivity index (χ2n) is 7.09. The van der Waals surface area contributed by atoms with Gasteiger partial charge in [-0.2, -0.15) is 4.31 Å². The highest BCUT2D eigenvalue weighted by Gasteiger charge is 2.35. The Kier molecular flexibility index (Phi) is 6.04. The van der Waals surface area contributed by atoms with Gasteiger partial charge in [-0.1, -0.05) is 18.2 Å². The first-order valence-electron chi connectivity index (χ1n) is 9.35. The van der Waals surface area contributed by atoms with Crippen molar-refractivity contribution in [1.82, 2.24) is 9.21 Å². The van der Waals surface area contributed by atoms with Crippen molar-refractivity contribution in [2.24, 2.45) is 0 Å². The molecule has 0 bridgehead atoms. The van der Waals surface area contributed by atoms with E-state index in [1.807, 2.05) is 0 Å². The zero-order chi connectivity index (χ0) is 22.1. The Bertz CT molecular complexity index is 1070. The SMILES string of the molecule is CC(C)N(C)S(=O)(=O)c1cccc(C(=O)OCCN2C(=O)c3ccccc3C2=O)c1. The molecule has 0 spiro atoms. The Hall–Kier alpha value is -3.04. The van der Waals surface area contributed by atoms with Crippen molar-refractivity contribution in [2.75, 3.05) is 20.2 Å². The van der Waals surface area contributed by atoms with Crippen LogP contribution in [0.1, 0.15) is 44.9 Å². The summed E-state index contributed by atoms with van der Waals surface area (Å²) in [6.45, 7) is 3.20. The van der Waals surface area contributed by atoms with Gasteiger partial charge >= 0.3 is 5.97 Å². The van der Waals surface area contributed by atoms with E-state index in [0.717, 1.165) is 4.90 Å². The third-order valence-corrected chi connectivity index (χ3v) is 6.93. The summed E-state index contributed by atoms with van der Waals surface area (Å²) in [6.07, 6.45) is 0. The zero-order valence-corrected chi connectivity index (χ0v) is 17.7. The summed E-state index contributed by atoms with van der Waals surface area (Å²) in [5.74, 6) is -1.61. The maximum Gasteiger partial charge on any atom is 0.338 e. The molecule has 8 nitrogen and oxygen atoms in total. The Balaban J connectivity index is 1.65. The summed E-state index contributed by atoms with van der Waals surface area (Å²) in [6, 6.07) is 11.8. The van der Waals surface area contributed by atoms with Crippen molar-refractivity contribution < 1.29 is 27.5 Å². The number of rotatable bonds is 7. The monoisotopic (exact) mass is 430 g/mol. The molecule has 2 amide bonds. The van der Waals surface area contributed by atoms with Crippen LogP contribution in [0.2, 0.25) is 0 Å². The van der Waals surface area contributed by atoms with Crippen LogP contribution in [0.3, 0.4) is 0 Å². The van der Waals surface area contributed by atoms with E-state index in [-0.39, 0.29) is 29.7 Å². The molecular formula is C21H22N2O6S. The molecule has 0 N–H and O–H groups in total. The van der Waals surface area contributed by atoms with Crippen molar-refractivity contribution in [2.45, 2.75) is 24.8 Å². The van der Waals surface area contributed by atoms with Gasteiger partial charge in [0.25, 0.3) is 11.8 Å². The molecule has 2 aromatic carbocycles. The van der Waals surface area contributed by atoms with Gasteiger partial charge in [-0.3, -0.25) is 14.5 Å². The second-order valence-corrected chi connectivity index (χ2v) is 9.08. The van der Waals surface area contributed by atoms with Gasteiger partial charge in [0.2, 0.25) is 10.0 Å². The summed E-state index contributed by atoms with van der Waals surface area (Å²) < 4.78 is 31.6. The number of carbonyl (C=O) groups is 3. The van der Waals surface area contributed by atoms with E-state index in [9.17, 15) is 22.8 Å². The number of fused-ring (bicyclic) bond motifs is 1. The molecule has 0 saturated carbocycles. The molecule has 0 aromatic heterocycles. The van der Waals surface area contributed by atoms with Crippen molar-refractivity contribution in [3.05, 3.63) is 65.2 Å². The van der Waals surface area contributed by atoms with Gasteiger partial charge in [0, 0.05) is 13.1 Å². The molecule has 1 heterocycles. The molecule has 9 heteroatoms. The number of imide groups is 1. The van der Waals surface area contributed by atoms with Crippen LogP contribution in [-0.4, -0.2) is 61.6 Å². The predicted molar refractivity (Wildman–Crippen MR) is 109 cm³/mol. The molecule has 0 unspecified atom stereocenters. The van der Waals surface area contributed by atoms with Gasteiger partial charge in [0.05, 0.1) is 28.1 Å². The molecule has 0 radical (unpaired) electrons. The third kappa shape index (κ3) is 3.99. The minimum absolute atomic E-state index is 0.0199. The average Bonchev–Trinajstić information content (AvgIpc) is 2.98. The maximum atomic E-state index is 12.6. The van der Waals surface area contributed by atoms with E-state index < -0.39 is 27.8 Å². The van der Waals surface area contributed by atoms with Crippen molar-refractivity contribution >= 4 is 27.8 Å². The number of carbonyl (C=O) groups excluding carboxylic acids is 3. The molecule has 0 saturated heterocycles. The molecule has 1 aliphatic heterocycles. The van der Waals surface area contributed by atoms with E-state index in [1.54, 1.807) is 38.1 Å². The van der Waals surface area contributed by atoms with Crippen molar-refractivity contribution in [3.8, 4) is 0 Å². The van der Waals surface area contributed by atoms with Crippen LogP contribution in [0.15, 0.2) is 53.4 Å². The van der Waals surface area contributed by atoms with Gasteiger partial charge in [-0.25, -0.2) is 13.2 Å². The van der Waals surface area contributed by atoms with Gasteiger partial charge in [0.1, 0.15) is 6.61 Å². The topological polar surface area (TPSA) is 101 Å². The molecule has 3 rings (SSSR count). The van der Waals surface area contributed by atoms with E-state index >= 15 is 0 Å². The number of ether oxygens (including phenoxy) is 1. The van der Waals surface area contributed by atoms with Gasteiger partial charge in [-0.15, -0.1) is 0 Å². The summed E-state index contributed by atoms with van der Waals surface area (Å²) in [7, 11) is -2.28. The standard InChI is InChI=1S/C21H22N2O6S/c1-14(2)22(3)30(27,28)16-8-6-7-15(13-16)21(26)29-12-11-23-19(24)17-9-4-5-10-18(17)20(23)25/h4-10,13-14H,11-12H2,1-3H3. The fourth-order valence-corrected chi connectivity index (χ4v) is 4.40. The number of sulfonamides is 1. The molecule has 30 heavy (non-hydrogen) atoms. The lowest BCUT2D eigenvalue weighted by Crippen LogP contribution is -2.33. The molecular weight excluding hydrogens is 408 g/mol. The molecule has 0 fully saturated rings. The first-order chi connectivity index (χ1) is 14.1. The van der Waals surface area contributed by atoms with E-state index in [4.69, 9.17) is 4.74 Å². The number of nitrogens with zero attached hydrogens (tertiary/aromatic N) is 2. The Labute approximate surface area is 175 Å². The van der Waals surface area contributed by atoms with Crippen molar-refractivity contribution in [3.63, 3.8) is 0 Å². The quantitative estimate of drug-likeness (QED) is 0.493. The number of hydrogen-bond donors (Lipinski definition) is 0. The van der Waals surface area contributed by atoms with Crippen LogP contribution < -0.4 is 0 Å². The lowest BCUT2D eigenvalue weighted by Gasteiger charge is -2.21. The normalized spacial score (nSPS) is 13.8. The van der Waals surface area contributed by atoms with Gasteiger partial charge < -0.3 is 4.74 Å². The van der Waals surface area contributed by atoms with E-state index in [0.29, 0.717) is 11.1 Å². The van der Waals surface area contributed by atoms with Crippen LogP contribution in [0.4, 0.5) is 0 Å². The van der Waals surface area contributed by atoms with E-state index in [2.05, 4.69) is 0 Å². The fourth-order valence-electron chi connectivity index (χ4n) is 2.98. The second kappa shape index (κ2) is 8.37. The van der Waals surface area contributed by atoms with Crippen LogP contribution in [0.5, 0.6) is 0 Å². The van der Waals surface area contributed by atoms with Crippen LogP contribution in [0, 0.1) is 0 Å². The molecule has 2 aromatic rings. The minimum Gasteiger partial charge on any atom is -0.460 e. The molecule has 0 atom stereocenters. The summed E-state index contributed by atoms with van der Waals surface area (Å²) in [5, 5.41) is 0. The first kappa shape index (κ1) is 21.7. The van der Waals surface area contributed by atoms with Gasteiger partial charge in [-0.05, 0) is 44.2 Å². The fraction of sp³-hybridized carbons (Fsp3) is 0.286. The maximum absolute atomic E-state index is 12.6. The van der Waals surface area contributed by atoms with E-state index in [1.165, 1.54) is 35.6 Å². The van der Waals surface area contributed by atoms with Gasteiger partial charge in [0.15, 0.2) is 0 Å². The smallest absolute Gasteiger partial charge is 0.338 e. The lowest BCUT2D eigenvalue weighted by atomic mass is 10.1. The Morgan fingerprint density at radius 1 is 1.03 bits per heavy atom. The first-order valence-corrected chi connectivity index (χ1v) is 10.8. The molecule has 0 aliphatic carbocycles. The number of benzene rings is 2. The summed E-state index contributed by atoms with van der Waals surface area (Å²) in [5.41, 5.74) is 0.706. The predicted octanol–water partition coefficient (Wildman–Crippen LogP) is 2.17. The molecule has 1 aliphatic rings. The third-order valence-electron chi connectivity index (χ3n) is 4.90. The van der Waals surface area contributed by atoms with Crippen LogP contribution in [0.25, 0.3) is 0 Å². The largest absolute Gasteiger partial charge is 0.460 e. The highest BCUT2D eigenvalue weighted by Crippen LogP contribution is 2.22. The average molecular weight is 430 g/mol. The van der Waals surface area contributed by atoms with Crippen molar-refractivity contribution in [1.29, 1.82) is 0 Å². The summed E-state index contributed by atoms with van der Waals surface area (Å²) in [4.78, 5) is 38.0. The number of amides is 2. The number of hydrogen-bond acceptors (Lipinski definition) is 6.